The fourth-order valence-electron chi connectivity index (χ4n) is 2.43. The molecule has 0 spiro atoms. The summed E-state index contributed by atoms with van der Waals surface area (Å²) in [7, 11) is 1.49. The molecule has 1 saturated heterocycles. The van der Waals surface area contributed by atoms with Crippen molar-refractivity contribution >= 4 is 0 Å². The summed E-state index contributed by atoms with van der Waals surface area (Å²) in [6, 6.07) is 5.66. The van der Waals surface area contributed by atoms with Gasteiger partial charge in [0.25, 0.3) is 0 Å². The second kappa shape index (κ2) is 5.47. The number of hydrogen-bond donors (Lipinski definition) is 1. The molecule has 1 atom stereocenters. The van der Waals surface area contributed by atoms with E-state index in [1.165, 1.54) is 7.11 Å². The van der Waals surface area contributed by atoms with Crippen LogP contribution >= 0.6 is 0 Å². The first-order chi connectivity index (χ1) is 8.26. The highest BCUT2D eigenvalue weighted by molar-refractivity contribution is 5.31. The molecule has 2 N–H and O–H groups in total. The SMILES string of the molecule is COc1cccc(CN2CCCC2CN)c1F. The van der Waals surface area contributed by atoms with Crippen LogP contribution in [0.3, 0.4) is 0 Å². The van der Waals surface area contributed by atoms with E-state index in [2.05, 4.69) is 4.90 Å². The summed E-state index contributed by atoms with van der Waals surface area (Å²) in [5.41, 5.74) is 6.40. The molecule has 0 aliphatic carbocycles. The number of nitrogens with two attached hydrogens (primary N) is 1. The third-order valence-electron chi connectivity index (χ3n) is 3.41. The van der Waals surface area contributed by atoms with E-state index in [0.717, 1.165) is 19.4 Å². The van der Waals surface area contributed by atoms with E-state index in [4.69, 9.17) is 10.5 Å². The maximum atomic E-state index is 14.0. The van der Waals surface area contributed by atoms with Gasteiger partial charge in [-0.3, -0.25) is 4.90 Å². The molecule has 1 aliphatic heterocycles. The molecular weight excluding hydrogens is 219 g/mol. The number of benzene rings is 1. The first-order valence-corrected chi connectivity index (χ1v) is 6.01. The summed E-state index contributed by atoms with van der Waals surface area (Å²) < 4.78 is 19.0. The molecule has 1 aromatic rings. The summed E-state index contributed by atoms with van der Waals surface area (Å²) >= 11 is 0. The van der Waals surface area contributed by atoms with E-state index < -0.39 is 0 Å². The minimum atomic E-state index is -0.252. The molecule has 0 amide bonds. The van der Waals surface area contributed by atoms with Crippen molar-refractivity contribution in [1.82, 2.24) is 4.90 Å². The second-order valence-corrected chi connectivity index (χ2v) is 4.44. The van der Waals surface area contributed by atoms with Crippen LogP contribution in [0, 0.1) is 5.82 Å². The Bertz CT molecular complexity index is 384. The Labute approximate surface area is 101 Å². The topological polar surface area (TPSA) is 38.5 Å². The number of likely N-dealkylation sites (tertiary alicyclic amines) is 1. The van der Waals surface area contributed by atoms with Crippen LogP contribution in [0.5, 0.6) is 5.75 Å². The van der Waals surface area contributed by atoms with Crippen LogP contribution in [0.4, 0.5) is 4.39 Å². The Kier molecular flexibility index (Phi) is 3.97. The molecule has 4 heteroatoms. The van der Waals surface area contributed by atoms with E-state index in [-0.39, 0.29) is 5.82 Å². The predicted molar refractivity (Wildman–Crippen MR) is 65.4 cm³/mol. The van der Waals surface area contributed by atoms with Crippen molar-refractivity contribution in [1.29, 1.82) is 0 Å². The van der Waals surface area contributed by atoms with Gasteiger partial charge in [0.05, 0.1) is 7.11 Å². The van der Waals surface area contributed by atoms with Gasteiger partial charge in [0.2, 0.25) is 0 Å². The van der Waals surface area contributed by atoms with Crippen LogP contribution in [-0.2, 0) is 6.54 Å². The molecule has 94 valence electrons. The van der Waals surface area contributed by atoms with Crippen LogP contribution in [0.1, 0.15) is 18.4 Å². The fraction of sp³-hybridized carbons (Fsp3) is 0.538. The van der Waals surface area contributed by atoms with Gasteiger partial charge in [-0.25, -0.2) is 4.39 Å². The van der Waals surface area contributed by atoms with Crippen molar-refractivity contribution in [2.24, 2.45) is 5.73 Å². The van der Waals surface area contributed by atoms with Crippen LogP contribution in [-0.4, -0.2) is 31.1 Å². The van der Waals surface area contributed by atoms with Gasteiger partial charge in [0, 0.05) is 24.7 Å². The Morgan fingerprint density at radius 2 is 2.35 bits per heavy atom. The molecule has 1 fully saturated rings. The Hall–Kier alpha value is -1.13. The highest BCUT2D eigenvalue weighted by Gasteiger charge is 2.24. The third-order valence-corrected chi connectivity index (χ3v) is 3.41. The summed E-state index contributed by atoms with van der Waals surface area (Å²) in [5.74, 6) is 0.0590. The normalized spacial score (nSPS) is 20.8. The zero-order valence-electron chi connectivity index (χ0n) is 10.2. The summed E-state index contributed by atoms with van der Waals surface area (Å²) in [6.45, 7) is 2.26. The molecule has 17 heavy (non-hydrogen) atoms. The van der Waals surface area contributed by atoms with Gasteiger partial charge < -0.3 is 10.5 Å². The zero-order chi connectivity index (χ0) is 12.3. The molecule has 1 unspecified atom stereocenters. The van der Waals surface area contributed by atoms with Crippen LogP contribution in [0.2, 0.25) is 0 Å². The maximum absolute atomic E-state index is 14.0. The fourth-order valence-corrected chi connectivity index (χ4v) is 2.43. The van der Waals surface area contributed by atoms with Crippen molar-refractivity contribution in [2.75, 3.05) is 20.2 Å². The Balaban J connectivity index is 2.13. The van der Waals surface area contributed by atoms with Gasteiger partial charge in [-0.15, -0.1) is 0 Å². The monoisotopic (exact) mass is 238 g/mol. The molecule has 3 nitrogen and oxygen atoms in total. The lowest BCUT2D eigenvalue weighted by atomic mass is 10.1. The average Bonchev–Trinajstić information content (AvgIpc) is 2.79. The van der Waals surface area contributed by atoms with E-state index in [1.807, 2.05) is 12.1 Å². The number of hydrogen-bond acceptors (Lipinski definition) is 3. The van der Waals surface area contributed by atoms with Crippen molar-refractivity contribution in [2.45, 2.75) is 25.4 Å². The van der Waals surface area contributed by atoms with Gasteiger partial charge in [-0.2, -0.15) is 0 Å². The van der Waals surface area contributed by atoms with Gasteiger partial charge in [0.15, 0.2) is 11.6 Å². The third kappa shape index (κ3) is 2.58. The van der Waals surface area contributed by atoms with Crippen LogP contribution < -0.4 is 10.5 Å². The van der Waals surface area contributed by atoms with Crippen LogP contribution in [0.25, 0.3) is 0 Å². The lowest BCUT2D eigenvalue weighted by Gasteiger charge is -2.23. The maximum Gasteiger partial charge on any atom is 0.169 e. The molecule has 1 aliphatic rings. The Morgan fingerprint density at radius 3 is 3.06 bits per heavy atom. The van der Waals surface area contributed by atoms with Crippen molar-refractivity contribution < 1.29 is 9.13 Å². The van der Waals surface area contributed by atoms with E-state index in [0.29, 0.717) is 30.4 Å². The second-order valence-electron chi connectivity index (χ2n) is 4.44. The lowest BCUT2D eigenvalue weighted by Crippen LogP contribution is -2.35. The quantitative estimate of drug-likeness (QED) is 0.868. The molecule has 1 heterocycles. The van der Waals surface area contributed by atoms with Gasteiger partial charge >= 0.3 is 0 Å². The minimum Gasteiger partial charge on any atom is -0.494 e. The predicted octanol–water partition coefficient (Wildman–Crippen LogP) is 1.76. The van der Waals surface area contributed by atoms with Gasteiger partial charge in [0.1, 0.15) is 0 Å². The molecule has 0 radical (unpaired) electrons. The van der Waals surface area contributed by atoms with E-state index in [9.17, 15) is 4.39 Å². The largest absolute Gasteiger partial charge is 0.494 e. The molecule has 0 aromatic heterocycles. The molecule has 0 saturated carbocycles. The van der Waals surface area contributed by atoms with Gasteiger partial charge in [-0.05, 0) is 25.5 Å². The summed E-state index contributed by atoms with van der Waals surface area (Å²) in [6.07, 6.45) is 2.26. The average molecular weight is 238 g/mol. The van der Waals surface area contributed by atoms with E-state index >= 15 is 0 Å². The number of rotatable bonds is 4. The molecule has 1 aromatic carbocycles. The number of nitrogens with zero attached hydrogens (tertiary/aromatic N) is 1. The van der Waals surface area contributed by atoms with Crippen molar-refractivity contribution in [3.05, 3.63) is 29.6 Å². The standard InChI is InChI=1S/C13H19FN2O/c1-17-12-6-2-4-10(13(12)14)9-16-7-3-5-11(16)8-15/h2,4,6,11H,3,5,7-9,15H2,1H3. The zero-order valence-corrected chi connectivity index (χ0v) is 10.2. The Morgan fingerprint density at radius 1 is 1.53 bits per heavy atom. The van der Waals surface area contributed by atoms with Crippen molar-refractivity contribution in [3.8, 4) is 5.75 Å². The molecule has 0 bridgehead atoms. The number of halogens is 1. The first kappa shape index (κ1) is 12.3. The number of methoxy groups -OCH3 is 1. The van der Waals surface area contributed by atoms with Gasteiger partial charge in [-0.1, -0.05) is 12.1 Å². The lowest BCUT2D eigenvalue weighted by molar-refractivity contribution is 0.245. The highest BCUT2D eigenvalue weighted by atomic mass is 19.1. The molecular formula is C13H19FN2O. The van der Waals surface area contributed by atoms with Crippen molar-refractivity contribution in [3.63, 3.8) is 0 Å². The molecule has 2 rings (SSSR count). The smallest absolute Gasteiger partial charge is 0.169 e. The first-order valence-electron chi connectivity index (χ1n) is 6.01. The number of ether oxygens (including phenoxy) is 1. The minimum absolute atomic E-state index is 0.252. The summed E-state index contributed by atoms with van der Waals surface area (Å²) in [4.78, 5) is 2.25. The van der Waals surface area contributed by atoms with E-state index in [1.54, 1.807) is 6.07 Å². The summed E-state index contributed by atoms with van der Waals surface area (Å²) in [5, 5.41) is 0. The highest BCUT2D eigenvalue weighted by Crippen LogP contribution is 2.24. The van der Waals surface area contributed by atoms with Crippen LogP contribution in [0.15, 0.2) is 18.2 Å².